The molecule has 32 heavy (non-hydrogen) atoms. The highest BCUT2D eigenvalue weighted by Gasteiger charge is 2.33. The highest BCUT2D eigenvalue weighted by Crippen LogP contribution is 2.30. The third kappa shape index (κ3) is 5.13. The molecule has 1 aliphatic heterocycles. The molecule has 1 saturated heterocycles. The number of imidazole rings is 1. The Labute approximate surface area is 183 Å². The Hall–Kier alpha value is -3.27. The van der Waals surface area contributed by atoms with Gasteiger partial charge in [-0.15, -0.1) is 0 Å². The highest BCUT2D eigenvalue weighted by molar-refractivity contribution is 5.82. The molecule has 1 aliphatic rings. The molecule has 1 amide bonds. The third-order valence-corrected chi connectivity index (χ3v) is 5.38. The van der Waals surface area contributed by atoms with Crippen LogP contribution in [0.3, 0.4) is 0 Å². The van der Waals surface area contributed by atoms with Crippen molar-refractivity contribution in [2.24, 2.45) is 0 Å². The van der Waals surface area contributed by atoms with Crippen LogP contribution >= 0.6 is 0 Å². The zero-order valence-corrected chi connectivity index (χ0v) is 17.5. The lowest BCUT2D eigenvalue weighted by Crippen LogP contribution is -2.42. The highest BCUT2D eigenvalue weighted by atomic mass is 19.4. The summed E-state index contributed by atoms with van der Waals surface area (Å²) >= 11 is 0. The van der Waals surface area contributed by atoms with Gasteiger partial charge in [-0.25, -0.2) is 15.0 Å². The number of halogens is 3. The molecular formula is C22H23F3N6O. The number of benzene rings is 1. The number of hydrogen-bond donors (Lipinski definition) is 1. The number of carbonyl (C=O) groups excluding carboxylic acids is 1. The van der Waals surface area contributed by atoms with Crippen molar-refractivity contribution in [1.82, 2.24) is 29.7 Å². The van der Waals surface area contributed by atoms with Crippen molar-refractivity contribution in [2.45, 2.75) is 45.1 Å². The monoisotopic (exact) mass is 444 g/mol. The Morgan fingerprint density at radius 3 is 2.84 bits per heavy atom. The molecule has 10 heteroatoms. The lowest BCUT2D eigenvalue weighted by molar-refractivity contribution is -0.137. The number of alkyl halides is 3. The summed E-state index contributed by atoms with van der Waals surface area (Å²) in [4.78, 5) is 27.6. The Balaban J connectivity index is 1.40. The number of nitrogens with zero attached hydrogens (tertiary/aromatic N) is 5. The van der Waals surface area contributed by atoms with Gasteiger partial charge in [0.2, 0.25) is 11.9 Å². The molecule has 1 N–H and O–H groups in total. The topological polar surface area (TPSA) is 75.9 Å². The number of amides is 1. The normalized spacial score (nSPS) is 16.9. The molecule has 1 atom stereocenters. The summed E-state index contributed by atoms with van der Waals surface area (Å²) in [5, 5.41) is 2.92. The van der Waals surface area contributed by atoms with Gasteiger partial charge in [0.25, 0.3) is 0 Å². The predicted octanol–water partition coefficient (Wildman–Crippen LogP) is 3.27. The molecule has 0 bridgehead atoms. The van der Waals surface area contributed by atoms with E-state index in [-0.39, 0.29) is 18.5 Å². The van der Waals surface area contributed by atoms with Crippen molar-refractivity contribution >= 4 is 5.91 Å². The second kappa shape index (κ2) is 9.07. The predicted molar refractivity (Wildman–Crippen MR) is 111 cm³/mol. The maximum Gasteiger partial charge on any atom is 0.416 e. The molecule has 0 saturated carbocycles. The van der Waals surface area contributed by atoms with Gasteiger partial charge in [0.15, 0.2) is 0 Å². The van der Waals surface area contributed by atoms with E-state index in [1.165, 1.54) is 6.07 Å². The smallest absolute Gasteiger partial charge is 0.349 e. The molecule has 168 valence electrons. The van der Waals surface area contributed by atoms with Crippen LogP contribution in [0.5, 0.6) is 0 Å². The molecular weight excluding hydrogens is 421 g/mol. The number of aromatic nitrogens is 4. The SMILES string of the molecule is Cc1cc(CNC(=O)C2CCCN2Cc2cccc(C(F)(F)F)c2)nc(-n2ccnc2)n1. The Morgan fingerprint density at radius 2 is 2.09 bits per heavy atom. The van der Waals surface area contributed by atoms with E-state index in [4.69, 9.17) is 0 Å². The molecule has 2 aromatic heterocycles. The number of nitrogens with one attached hydrogen (secondary N) is 1. The third-order valence-electron chi connectivity index (χ3n) is 5.38. The molecule has 1 aromatic carbocycles. The fourth-order valence-corrected chi connectivity index (χ4v) is 3.89. The van der Waals surface area contributed by atoms with Gasteiger partial charge in [-0.1, -0.05) is 18.2 Å². The van der Waals surface area contributed by atoms with E-state index in [1.54, 1.807) is 35.4 Å². The maximum absolute atomic E-state index is 13.0. The Kier molecular flexibility index (Phi) is 6.22. The first-order valence-corrected chi connectivity index (χ1v) is 10.3. The average Bonchev–Trinajstić information content (AvgIpc) is 3.44. The number of hydrogen-bond acceptors (Lipinski definition) is 5. The van der Waals surface area contributed by atoms with Crippen molar-refractivity contribution in [3.8, 4) is 5.95 Å². The molecule has 0 radical (unpaired) electrons. The molecule has 4 rings (SSSR count). The van der Waals surface area contributed by atoms with Gasteiger partial charge < -0.3 is 5.32 Å². The quantitative estimate of drug-likeness (QED) is 0.632. The van der Waals surface area contributed by atoms with Gasteiger partial charge in [-0.05, 0) is 44.0 Å². The summed E-state index contributed by atoms with van der Waals surface area (Å²) in [5.74, 6) is 0.314. The van der Waals surface area contributed by atoms with Crippen LogP contribution in [0, 0.1) is 6.92 Å². The first kappa shape index (κ1) is 21.9. The van der Waals surface area contributed by atoms with Crippen molar-refractivity contribution in [3.63, 3.8) is 0 Å². The van der Waals surface area contributed by atoms with Crippen molar-refractivity contribution in [1.29, 1.82) is 0 Å². The largest absolute Gasteiger partial charge is 0.416 e. The van der Waals surface area contributed by atoms with Crippen LogP contribution in [-0.4, -0.2) is 42.9 Å². The maximum atomic E-state index is 13.0. The first-order valence-electron chi connectivity index (χ1n) is 10.3. The summed E-state index contributed by atoms with van der Waals surface area (Å²) in [7, 11) is 0. The minimum atomic E-state index is -4.39. The molecule has 0 spiro atoms. The van der Waals surface area contributed by atoms with E-state index in [1.807, 2.05) is 11.8 Å². The standard InChI is InChI=1S/C22H23F3N6O/c1-15-10-18(29-21(28-15)31-9-7-26-14-31)12-27-20(32)19-6-3-8-30(19)13-16-4-2-5-17(11-16)22(23,24)25/h2,4-5,7,9-11,14,19H,3,6,8,12-13H2,1H3,(H,27,32). The van der Waals surface area contributed by atoms with Crippen molar-refractivity contribution in [2.75, 3.05) is 6.54 Å². The van der Waals surface area contributed by atoms with Gasteiger partial charge in [0, 0.05) is 24.6 Å². The van der Waals surface area contributed by atoms with Gasteiger partial charge >= 0.3 is 6.18 Å². The van der Waals surface area contributed by atoms with Crippen LogP contribution < -0.4 is 5.32 Å². The van der Waals surface area contributed by atoms with Crippen LogP contribution in [0.25, 0.3) is 5.95 Å². The van der Waals surface area contributed by atoms with E-state index < -0.39 is 11.7 Å². The molecule has 0 aliphatic carbocycles. The fraction of sp³-hybridized carbons (Fsp3) is 0.364. The molecule has 3 heterocycles. The van der Waals surface area contributed by atoms with E-state index in [0.717, 1.165) is 24.2 Å². The second-order valence-electron chi connectivity index (χ2n) is 7.82. The van der Waals surface area contributed by atoms with E-state index in [9.17, 15) is 18.0 Å². The Bertz CT molecular complexity index is 1080. The van der Waals surface area contributed by atoms with Crippen LogP contribution in [0.15, 0.2) is 49.1 Å². The summed E-state index contributed by atoms with van der Waals surface area (Å²) in [6, 6.07) is 6.67. The molecule has 1 fully saturated rings. The zero-order valence-electron chi connectivity index (χ0n) is 17.5. The number of carbonyl (C=O) groups is 1. The Morgan fingerprint density at radius 1 is 1.25 bits per heavy atom. The van der Waals surface area contributed by atoms with Crippen LogP contribution in [0.4, 0.5) is 13.2 Å². The average molecular weight is 444 g/mol. The number of aryl methyl sites for hydroxylation is 1. The van der Waals surface area contributed by atoms with Crippen molar-refractivity contribution in [3.05, 3.63) is 71.6 Å². The lowest BCUT2D eigenvalue weighted by atomic mass is 10.1. The van der Waals surface area contributed by atoms with Crippen molar-refractivity contribution < 1.29 is 18.0 Å². The summed E-state index contributed by atoms with van der Waals surface area (Å²) < 4.78 is 40.7. The second-order valence-corrected chi connectivity index (χ2v) is 7.82. The van der Waals surface area contributed by atoms with Crippen LogP contribution in [0.1, 0.15) is 35.4 Å². The van der Waals surface area contributed by atoms with Crippen LogP contribution in [-0.2, 0) is 24.1 Å². The fourth-order valence-electron chi connectivity index (χ4n) is 3.89. The van der Waals surface area contributed by atoms with Gasteiger partial charge in [-0.3, -0.25) is 14.3 Å². The minimum Gasteiger partial charge on any atom is -0.349 e. The first-order chi connectivity index (χ1) is 15.3. The summed E-state index contributed by atoms with van der Waals surface area (Å²) in [6.07, 6.45) is 2.06. The van der Waals surface area contributed by atoms with E-state index in [0.29, 0.717) is 36.7 Å². The molecule has 7 nitrogen and oxygen atoms in total. The lowest BCUT2D eigenvalue weighted by Gasteiger charge is -2.24. The summed E-state index contributed by atoms with van der Waals surface area (Å²) in [5.41, 5.74) is 1.29. The van der Waals surface area contributed by atoms with Crippen LogP contribution in [0.2, 0.25) is 0 Å². The number of likely N-dealkylation sites (tertiary alicyclic amines) is 1. The number of rotatable bonds is 6. The molecule has 3 aromatic rings. The van der Waals surface area contributed by atoms with E-state index in [2.05, 4.69) is 20.3 Å². The minimum absolute atomic E-state index is 0.157. The zero-order chi connectivity index (χ0) is 22.7. The van der Waals surface area contributed by atoms with Gasteiger partial charge in [0.05, 0.1) is 23.8 Å². The molecule has 1 unspecified atom stereocenters. The van der Waals surface area contributed by atoms with Gasteiger partial charge in [-0.2, -0.15) is 13.2 Å². The van der Waals surface area contributed by atoms with E-state index >= 15 is 0 Å². The van der Waals surface area contributed by atoms with Gasteiger partial charge in [0.1, 0.15) is 6.33 Å². The summed E-state index contributed by atoms with van der Waals surface area (Å²) in [6.45, 7) is 3.03.